The van der Waals surface area contributed by atoms with Gasteiger partial charge >= 0.3 is 0 Å². The SMILES string of the molecule is CC(Oc1ccc(F)cc1)C(=O)NNC(=O)CCS(=O)(=O)c1ccccc1. The van der Waals surface area contributed by atoms with Crippen LogP contribution in [-0.2, 0) is 19.4 Å². The van der Waals surface area contributed by atoms with Crippen molar-refractivity contribution in [1.82, 2.24) is 10.9 Å². The predicted octanol–water partition coefficient (Wildman–Crippen LogP) is 1.60. The van der Waals surface area contributed by atoms with Crippen molar-refractivity contribution < 1.29 is 27.1 Å². The van der Waals surface area contributed by atoms with Crippen molar-refractivity contribution in [3.05, 3.63) is 60.4 Å². The number of carbonyl (C=O) groups excluding carboxylic acids is 2. The van der Waals surface area contributed by atoms with Crippen LogP contribution in [0.1, 0.15) is 13.3 Å². The van der Waals surface area contributed by atoms with Gasteiger partial charge in [0.15, 0.2) is 15.9 Å². The first kappa shape index (κ1) is 20.4. The lowest BCUT2D eigenvalue weighted by molar-refractivity contribution is -0.132. The van der Waals surface area contributed by atoms with Gasteiger partial charge in [0.2, 0.25) is 5.91 Å². The first-order valence-corrected chi connectivity index (χ1v) is 9.72. The largest absolute Gasteiger partial charge is 0.481 e. The van der Waals surface area contributed by atoms with E-state index >= 15 is 0 Å². The molecule has 1 atom stereocenters. The van der Waals surface area contributed by atoms with Crippen molar-refractivity contribution in [1.29, 1.82) is 0 Å². The number of ether oxygens (including phenoxy) is 1. The molecule has 0 saturated heterocycles. The Kier molecular flexibility index (Phi) is 6.89. The summed E-state index contributed by atoms with van der Waals surface area (Å²) >= 11 is 0. The van der Waals surface area contributed by atoms with Crippen LogP contribution in [0.15, 0.2) is 59.5 Å². The highest BCUT2D eigenvalue weighted by Crippen LogP contribution is 2.13. The molecule has 2 rings (SSSR count). The van der Waals surface area contributed by atoms with Crippen LogP contribution in [0.2, 0.25) is 0 Å². The summed E-state index contributed by atoms with van der Waals surface area (Å²) in [5.41, 5.74) is 4.30. The van der Waals surface area contributed by atoms with Gasteiger partial charge in [-0.05, 0) is 43.3 Å². The summed E-state index contributed by atoms with van der Waals surface area (Å²) in [6.07, 6.45) is -1.27. The molecular formula is C18H19FN2O5S. The number of amides is 2. The van der Waals surface area contributed by atoms with E-state index in [1.165, 1.54) is 43.3 Å². The summed E-state index contributed by atoms with van der Waals surface area (Å²) in [5.74, 6) is -1.83. The second kappa shape index (κ2) is 9.13. The number of rotatable bonds is 7. The van der Waals surface area contributed by atoms with Crippen LogP contribution < -0.4 is 15.6 Å². The number of carbonyl (C=O) groups is 2. The molecule has 7 nitrogen and oxygen atoms in total. The van der Waals surface area contributed by atoms with Gasteiger partial charge < -0.3 is 4.74 Å². The van der Waals surface area contributed by atoms with E-state index in [0.717, 1.165) is 0 Å². The molecule has 0 saturated carbocycles. The first-order valence-electron chi connectivity index (χ1n) is 8.06. The fourth-order valence-electron chi connectivity index (χ4n) is 2.04. The molecule has 0 aromatic heterocycles. The van der Waals surface area contributed by atoms with Gasteiger partial charge in [-0.25, -0.2) is 12.8 Å². The quantitative estimate of drug-likeness (QED) is 0.695. The molecule has 0 heterocycles. The summed E-state index contributed by atoms with van der Waals surface area (Å²) in [5, 5.41) is 0. The summed E-state index contributed by atoms with van der Waals surface area (Å²) in [6.45, 7) is 1.45. The zero-order valence-corrected chi connectivity index (χ0v) is 15.3. The van der Waals surface area contributed by atoms with E-state index in [1.807, 2.05) is 0 Å². The van der Waals surface area contributed by atoms with E-state index in [-0.39, 0.29) is 17.1 Å². The molecule has 2 N–H and O–H groups in total. The minimum Gasteiger partial charge on any atom is -0.481 e. The Bertz CT molecular complexity index is 886. The average molecular weight is 394 g/mol. The van der Waals surface area contributed by atoms with Crippen LogP contribution in [0.25, 0.3) is 0 Å². The molecule has 0 radical (unpaired) electrons. The highest BCUT2D eigenvalue weighted by Gasteiger charge is 2.18. The molecule has 2 aromatic carbocycles. The lowest BCUT2D eigenvalue weighted by Gasteiger charge is -2.15. The molecule has 0 aliphatic rings. The van der Waals surface area contributed by atoms with Crippen LogP contribution in [0, 0.1) is 5.82 Å². The van der Waals surface area contributed by atoms with E-state index in [0.29, 0.717) is 5.75 Å². The Morgan fingerprint density at radius 2 is 1.67 bits per heavy atom. The Hall–Kier alpha value is -2.94. The third-order valence-electron chi connectivity index (χ3n) is 3.52. The molecule has 0 aliphatic carbocycles. The molecule has 27 heavy (non-hydrogen) atoms. The van der Waals surface area contributed by atoms with Gasteiger partial charge in [-0.3, -0.25) is 20.4 Å². The molecule has 1 unspecified atom stereocenters. The standard InChI is InChI=1S/C18H19FN2O5S/c1-13(26-15-9-7-14(19)8-10-15)18(23)21-20-17(22)11-12-27(24,25)16-5-3-2-4-6-16/h2-10,13H,11-12H2,1H3,(H,20,22)(H,21,23). The zero-order valence-electron chi connectivity index (χ0n) is 14.5. The number of halogens is 1. The number of hydrogen-bond donors (Lipinski definition) is 2. The second-order valence-electron chi connectivity index (χ2n) is 5.63. The number of hydrogen-bond acceptors (Lipinski definition) is 5. The Morgan fingerprint density at radius 1 is 1.04 bits per heavy atom. The van der Waals surface area contributed by atoms with Crippen LogP contribution in [0.5, 0.6) is 5.75 Å². The van der Waals surface area contributed by atoms with Crippen molar-refractivity contribution in [2.75, 3.05) is 5.75 Å². The lowest BCUT2D eigenvalue weighted by atomic mass is 10.3. The smallest absolute Gasteiger partial charge is 0.279 e. The van der Waals surface area contributed by atoms with Crippen molar-refractivity contribution >= 4 is 21.7 Å². The Balaban J connectivity index is 1.77. The minimum atomic E-state index is -3.58. The normalized spacial score (nSPS) is 12.1. The maximum atomic E-state index is 12.8. The predicted molar refractivity (Wildman–Crippen MR) is 95.9 cm³/mol. The molecule has 0 spiro atoms. The zero-order chi connectivity index (χ0) is 19.9. The van der Waals surface area contributed by atoms with Gasteiger partial charge in [0, 0.05) is 6.42 Å². The fourth-order valence-corrected chi connectivity index (χ4v) is 3.30. The van der Waals surface area contributed by atoms with Gasteiger partial charge in [-0.15, -0.1) is 0 Å². The molecule has 0 bridgehead atoms. The van der Waals surface area contributed by atoms with Gasteiger partial charge in [-0.1, -0.05) is 18.2 Å². The van der Waals surface area contributed by atoms with Gasteiger partial charge in [0.05, 0.1) is 10.6 Å². The molecule has 9 heteroatoms. The van der Waals surface area contributed by atoms with E-state index in [4.69, 9.17) is 4.74 Å². The number of hydrazine groups is 1. The van der Waals surface area contributed by atoms with Crippen molar-refractivity contribution in [3.63, 3.8) is 0 Å². The number of sulfone groups is 1. The minimum absolute atomic E-state index is 0.128. The van der Waals surface area contributed by atoms with Crippen LogP contribution >= 0.6 is 0 Å². The van der Waals surface area contributed by atoms with E-state index < -0.39 is 33.6 Å². The number of nitrogens with one attached hydrogen (secondary N) is 2. The molecular weight excluding hydrogens is 375 g/mol. The maximum Gasteiger partial charge on any atom is 0.279 e. The van der Waals surface area contributed by atoms with Crippen LogP contribution in [-0.4, -0.2) is 32.1 Å². The summed E-state index contributed by atoms with van der Waals surface area (Å²) in [4.78, 5) is 23.8. The molecule has 0 aliphatic heterocycles. The highest BCUT2D eigenvalue weighted by molar-refractivity contribution is 7.91. The molecule has 144 valence electrons. The monoisotopic (exact) mass is 394 g/mol. The Morgan fingerprint density at radius 3 is 2.30 bits per heavy atom. The van der Waals surface area contributed by atoms with Crippen LogP contribution in [0.3, 0.4) is 0 Å². The van der Waals surface area contributed by atoms with Crippen LogP contribution in [0.4, 0.5) is 4.39 Å². The maximum absolute atomic E-state index is 12.8. The van der Waals surface area contributed by atoms with Gasteiger partial charge in [0.25, 0.3) is 5.91 Å². The molecule has 0 fully saturated rings. The lowest BCUT2D eigenvalue weighted by Crippen LogP contribution is -2.47. The summed E-state index contributed by atoms with van der Waals surface area (Å²) in [7, 11) is -3.58. The molecule has 2 amide bonds. The van der Waals surface area contributed by atoms with Crippen molar-refractivity contribution in [2.24, 2.45) is 0 Å². The van der Waals surface area contributed by atoms with Crippen molar-refractivity contribution in [3.8, 4) is 5.75 Å². The average Bonchev–Trinajstić information content (AvgIpc) is 2.67. The third-order valence-corrected chi connectivity index (χ3v) is 5.25. The topological polar surface area (TPSA) is 102 Å². The Labute approximate surface area is 156 Å². The fraction of sp³-hybridized carbons (Fsp3) is 0.222. The van der Waals surface area contributed by atoms with Gasteiger partial charge in [0.1, 0.15) is 11.6 Å². The third kappa shape index (κ3) is 6.37. The first-order chi connectivity index (χ1) is 12.8. The summed E-state index contributed by atoms with van der Waals surface area (Å²) in [6, 6.07) is 12.9. The second-order valence-corrected chi connectivity index (χ2v) is 7.74. The van der Waals surface area contributed by atoms with E-state index in [1.54, 1.807) is 18.2 Å². The highest BCUT2D eigenvalue weighted by atomic mass is 32.2. The van der Waals surface area contributed by atoms with Crippen molar-refractivity contribution in [2.45, 2.75) is 24.3 Å². The molecule has 2 aromatic rings. The summed E-state index contributed by atoms with van der Waals surface area (Å²) < 4.78 is 42.3. The van der Waals surface area contributed by atoms with E-state index in [9.17, 15) is 22.4 Å². The number of benzene rings is 2. The van der Waals surface area contributed by atoms with Gasteiger partial charge in [-0.2, -0.15) is 0 Å². The van der Waals surface area contributed by atoms with E-state index in [2.05, 4.69) is 10.9 Å².